The monoisotopic (exact) mass is 420 g/mol. The van der Waals surface area contributed by atoms with Gasteiger partial charge in [-0.25, -0.2) is 4.84 Å². The largest absolute Gasteiger partial charge is 0.572 e. The predicted octanol–water partition coefficient (Wildman–Crippen LogP) is 2.41. The minimum atomic E-state index is -2.88. The summed E-state index contributed by atoms with van der Waals surface area (Å²) < 4.78 is 0. The summed E-state index contributed by atoms with van der Waals surface area (Å²) in [4.78, 5) is 45.5. The number of hydrogen-bond donors (Lipinski definition) is 0. The lowest BCUT2D eigenvalue weighted by Crippen LogP contribution is -2.71. The van der Waals surface area contributed by atoms with Crippen LogP contribution in [0.15, 0.2) is 24.3 Å². The Hall–Kier alpha value is -2.70. The van der Waals surface area contributed by atoms with Gasteiger partial charge in [-0.15, -0.1) is 0 Å². The molecule has 0 bridgehead atoms. The highest BCUT2D eigenvalue weighted by Gasteiger charge is 2.81. The van der Waals surface area contributed by atoms with Crippen molar-refractivity contribution in [2.45, 2.75) is 68.0 Å². The third-order valence-electron chi connectivity index (χ3n) is 7.48. The van der Waals surface area contributed by atoms with Gasteiger partial charge in [0.05, 0.1) is 5.23 Å². The molecular formula is C18H20N4O8. The minimum Gasteiger partial charge on any atom is -0.264 e. The standard InChI is InChI=1S/C18H20N4O8/c23-19(24)16(7-3-8-16)17(9-4-10-17)30-22-18(20(25)26,21(27)28)14-11-12-5-1-2-6-13(12)15(14)29-22/h1-2,5-6,14-15H,3-4,7-11H2. The van der Waals surface area contributed by atoms with Gasteiger partial charge in [-0.2, -0.15) is 0 Å². The summed E-state index contributed by atoms with van der Waals surface area (Å²) in [6.07, 6.45) is 1.57. The first-order valence-corrected chi connectivity index (χ1v) is 9.96. The van der Waals surface area contributed by atoms with Crippen LogP contribution < -0.4 is 0 Å². The molecule has 3 aliphatic carbocycles. The second-order valence-electron chi connectivity index (χ2n) is 8.58. The molecule has 12 heteroatoms. The minimum absolute atomic E-state index is 0.0794. The zero-order valence-electron chi connectivity index (χ0n) is 16.0. The highest BCUT2D eigenvalue weighted by molar-refractivity contribution is 5.36. The summed E-state index contributed by atoms with van der Waals surface area (Å²) in [6.45, 7) is 0. The first-order chi connectivity index (χ1) is 14.3. The quantitative estimate of drug-likeness (QED) is 0.384. The van der Waals surface area contributed by atoms with Gasteiger partial charge in [-0.1, -0.05) is 24.3 Å². The molecule has 0 aromatic heterocycles. The molecule has 1 aromatic carbocycles. The van der Waals surface area contributed by atoms with Crippen molar-refractivity contribution in [2.75, 3.05) is 0 Å². The Labute approximate surface area is 170 Å². The zero-order valence-corrected chi connectivity index (χ0v) is 16.0. The SMILES string of the molecule is O=[N+]([O-])C1([N+](=O)[O-])C2Cc3ccccc3C2ON1OC1(C2([N+](=O)[O-])CCC2)CCC1. The van der Waals surface area contributed by atoms with Gasteiger partial charge in [-0.05, 0) is 43.2 Å². The van der Waals surface area contributed by atoms with Crippen molar-refractivity contribution in [1.82, 2.24) is 5.23 Å². The van der Waals surface area contributed by atoms with Crippen molar-refractivity contribution in [3.8, 4) is 0 Å². The Morgan fingerprint density at radius 1 is 0.967 bits per heavy atom. The average molecular weight is 420 g/mol. The summed E-state index contributed by atoms with van der Waals surface area (Å²) in [6, 6.07) is 6.97. The Kier molecular flexibility index (Phi) is 3.95. The van der Waals surface area contributed by atoms with Crippen LogP contribution in [0.4, 0.5) is 0 Å². The van der Waals surface area contributed by atoms with Crippen molar-refractivity contribution >= 4 is 0 Å². The van der Waals surface area contributed by atoms with Crippen LogP contribution in [0, 0.1) is 36.3 Å². The van der Waals surface area contributed by atoms with Gasteiger partial charge in [0.2, 0.25) is 0 Å². The Bertz CT molecular complexity index is 930. The molecule has 5 rings (SSSR count). The third-order valence-corrected chi connectivity index (χ3v) is 7.48. The van der Waals surface area contributed by atoms with Gasteiger partial charge >= 0.3 is 5.79 Å². The van der Waals surface area contributed by atoms with E-state index in [-0.39, 0.29) is 24.2 Å². The van der Waals surface area contributed by atoms with Crippen molar-refractivity contribution < 1.29 is 24.4 Å². The number of nitro groups is 3. The van der Waals surface area contributed by atoms with E-state index in [0.29, 0.717) is 36.5 Å². The van der Waals surface area contributed by atoms with Crippen LogP contribution in [0.2, 0.25) is 0 Å². The molecule has 30 heavy (non-hydrogen) atoms. The van der Waals surface area contributed by atoms with Gasteiger partial charge in [0.25, 0.3) is 5.54 Å². The highest BCUT2D eigenvalue weighted by Crippen LogP contribution is 2.59. The summed E-state index contributed by atoms with van der Waals surface area (Å²) in [5.74, 6) is -4.00. The summed E-state index contributed by atoms with van der Waals surface area (Å²) in [5, 5.41) is 36.6. The predicted molar refractivity (Wildman–Crippen MR) is 97.3 cm³/mol. The van der Waals surface area contributed by atoms with E-state index in [9.17, 15) is 30.3 Å². The average Bonchev–Trinajstić information content (AvgIpc) is 3.11. The molecule has 1 aliphatic heterocycles. The fourth-order valence-corrected chi connectivity index (χ4v) is 5.52. The van der Waals surface area contributed by atoms with E-state index in [1.165, 1.54) is 0 Å². The lowest BCUT2D eigenvalue weighted by atomic mass is 9.57. The van der Waals surface area contributed by atoms with E-state index >= 15 is 0 Å². The molecule has 12 nitrogen and oxygen atoms in total. The van der Waals surface area contributed by atoms with Crippen LogP contribution in [-0.4, -0.2) is 36.9 Å². The lowest BCUT2D eigenvalue weighted by Gasteiger charge is -2.53. The molecule has 2 unspecified atom stereocenters. The Morgan fingerprint density at radius 3 is 2.10 bits per heavy atom. The number of nitrogens with zero attached hydrogens (tertiary/aromatic N) is 4. The van der Waals surface area contributed by atoms with Gasteiger partial charge in [0, 0.05) is 17.8 Å². The number of hydrogen-bond acceptors (Lipinski definition) is 9. The van der Waals surface area contributed by atoms with E-state index in [2.05, 4.69) is 0 Å². The molecule has 3 fully saturated rings. The molecule has 1 aromatic rings. The fourth-order valence-electron chi connectivity index (χ4n) is 5.52. The van der Waals surface area contributed by atoms with Crippen molar-refractivity contribution in [1.29, 1.82) is 0 Å². The number of benzene rings is 1. The van der Waals surface area contributed by atoms with E-state index < -0.39 is 38.8 Å². The van der Waals surface area contributed by atoms with Crippen molar-refractivity contribution in [2.24, 2.45) is 5.92 Å². The summed E-state index contributed by atoms with van der Waals surface area (Å²) in [5.41, 5.74) is -1.36. The maximum atomic E-state index is 12.2. The normalized spacial score (nSPS) is 29.9. The first kappa shape index (κ1) is 19.3. The number of hydroxylamine groups is 2. The maximum Gasteiger partial charge on any atom is 0.572 e. The third kappa shape index (κ3) is 2.10. The second-order valence-corrected chi connectivity index (χ2v) is 8.58. The van der Waals surface area contributed by atoms with Gasteiger partial charge in [-0.3, -0.25) is 35.2 Å². The Balaban J connectivity index is 1.57. The van der Waals surface area contributed by atoms with Crippen LogP contribution in [0.1, 0.15) is 55.8 Å². The highest BCUT2D eigenvalue weighted by atomic mass is 17.0. The molecular weight excluding hydrogens is 400 g/mol. The molecule has 1 heterocycles. The topological polar surface area (TPSA) is 151 Å². The van der Waals surface area contributed by atoms with Crippen LogP contribution in [0.5, 0.6) is 0 Å². The molecule has 2 atom stereocenters. The van der Waals surface area contributed by atoms with Crippen LogP contribution in [0.3, 0.4) is 0 Å². The summed E-state index contributed by atoms with van der Waals surface area (Å²) in [7, 11) is 0. The van der Waals surface area contributed by atoms with E-state index in [0.717, 1.165) is 5.56 Å². The van der Waals surface area contributed by atoms with Gasteiger partial charge < -0.3 is 0 Å². The van der Waals surface area contributed by atoms with E-state index in [1.54, 1.807) is 24.3 Å². The first-order valence-electron chi connectivity index (χ1n) is 9.96. The fraction of sp³-hybridized carbons (Fsp3) is 0.667. The molecule has 160 valence electrons. The number of rotatable bonds is 6. The lowest BCUT2D eigenvalue weighted by molar-refractivity contribution is -0.862. The second kappa shape index (κ2) is 6.15. The Morgan fingerprint density at radius 2 is 1.60 bits per heavy atom. The van der Waals surface area contributed by atoms with Crippen LogP contribution in [0.25, 0.3) is 0 Å². The molecule has 2 saturated carbocycles. The molecule has 0 amide bonds. The summed E-state index contributed by atoms with van der Waals surface area (Å²) >= 11 is 0. The van der Waals surface area contributed by atoms with Crippen LogP contribution in [-0.2, 0) is 16.1 Å². The molecule has 0 N–H and O–H groups in total. The van der Waals surface area contributed by atoms with E-state index in [4.69, 9.17) is 9.68 Å². The molecule has 0 radical (unpaired) electrons. The van der Waals surface area contributed by atoms with Gasteiger partial charge in [0.15, 0.2) is 11.5 Å². The van der Waals surface area contributed by atoms with Crippen LogP contribution >= 0.6 is 0 Å². The molecule has 4 aliphatic rings. The smallest absolute Gasteiger partial charge is 0.264 e. The van der Waals surface area contributed by atoms with Gasteiger partial charge in [0.1, 0.15) is 16.0 Å². The van der Waals surface area contributed by atoms with Crippen molar-refractivity contribution in [3.05, 3.63) is 65.7 Å². The maximum absolute atomic E-state index is 12.2. The zero-order chi connectivity index (χ0) is 21.3. The molecule has 0 spiro atoms. The number of fused-ring (bicyclic) bond motifs is 3. The van der Waals surface area contributed by atoms with Crippen molar-refractivity contribution in [3.63, 3.8) is 0 Å². The van der Waals surface area contributed by atoms with E-state index in [1.807, 2.05) is 0 Å². The molecule has 1 saturated heterocycles.